The van der Waals surface area contributed by atoms with Crippen molar-refractivity contribution in [1.82, 2.24) is 10.1 Å². The number of nitrogens with zero attached hydrogens (tertiary/aromatic N) is 2. The van der Waals surface area contributed by atoms with Gasteiger partial charge in [0.05, 0.1) is 5.02 Å². The zero-order chi connectivity index (χ0) is 13.7. The molecule has 0 saturated carbocycles. The van der Waals surface area contributed by atoms with Crippen molar-refractivity contribution in [2.24, 2.45) is 5.73 Å². The van der Waals surface area contributed by atoms with Crippen molar-refractivity contribution in [2.75, 3.05) is 6.54 Å². The molecule has 2 rings (SSSR count). The average Bonchev–Trinajstić information content (AvgIpc) is 2.87. The van der Waals surface area contributed by atoms with Crippen LogP contribution in [-0.4, -0.2) is 16.7 Å². The van der Waals surface area contributed by atoms with Crippen LogP contribution in [0, 0.1) is 0 Å². The van der Waals surface area contributed by atoms with Gasteiger partial charge in [-0.2, -0.15) is 4.98 Å². The van der Waals surface area contributed by atoms with Crippen molar-refractivity contribution < 1.29 is 4.52 Å². The first-order valence-electron chi connectivity index (χ1n) is 6.19. The van der Waals surface area contributed by atoms with Crippen molar-refractivity contribution in [1.29, 1.82) is 0 Å². The minimum Gasteiger partial charge on any atom is -0.339 e. The van der Waals surface area contributed by atoms with Crippen LogP contribution in [0.5, 0.6) is 0 Å². The third kappa shape index (κ3) is 4.03. The lowest BCUT2D eigenvalue weighted by Crippen LogP contribution is -1.98. The number of nitrogens with two attached hydrogens (primary N) is 1. The van der Waals surface area contributed by atoms with Gasteiger partial charge in [0.25, 0.3) is 0 Å². The van der Waals surface area contributed by atoms with Gasteiger partial charge in [-0.05, 0) is 53.5 Å². The Morgan fingerprint density at radius 3 is 2.84 bits per heavy atom. The summed E-state index contributed by atoms with van der Waals surface area (Å²) in [4.78, 5) is 4.38. The number of benzene rings is 1. The van der Waals surface area contributed by atoms with E-state index < -0.39 is 0 Å². The van der Waals surface area contributed by atoms with Crippen LogP contribution in [-0.2, 0) is 6.42 Å². The molecule has 4 nitrogen and oxygen atoms in total. The summed E-state index contributed by atoms with van der Waals surface area (Å²) in [6.07, 6.45) is 3.93. The molecule has 2 N–H and O–H groups in total. The third-order valence-corrected chi connectivity index (χ3v) is 3.95. The molecule has 0 unspecified atom stereocenters. The fourth-order valence-electron chi connectivity index (χ4n) is 1.71. The molecule has 6 heteroatoms. The summed E-state index contributed by atoms with van der Waals surface area (Å²) in [6.45, 7) is 0.730. The van der Waals surface area contributed by atoms with Gasteiger partial charge in [-0.3, -0.25) is 0 Å². The SMILES string of the molecule is NCCCCCc1nc(-c2ccc(Cl)c(Br)c2)no1. The smallest absolute Gasteiger partial charge is 0.226 e. The summed E-state index contributed by atoms with van der Waals surface area (Å²) in [6, 6.07) is 5.56. The van der Waals surface area contributed by atoms with E-state index in [0.29, 0.717) is 16.7 Å². The first-order valence-corrected chi connectivity index (χ1v) is 7.36. The monoisotopic (exact) mass is 343 g/mol. The van der Waals surface area contributed by atoms with Crippen LogP contribution in [0.3, 0.4) is 0 Å². The maximum Gasteiger partial charge on any atom is 0.226 e. The number of rotatable bonds is 6. The van der Waals surface area contributed by atoms with E-state index in [1.54, 1.807) is 6.07 Å². The maximum atomic E-state index is 5.95. The standard InChI is InChI=1S/C13H15BrClN3O/c14-10-8-9(5-6-11(10)15)13-17-12(19-18-13)4-2-1-3-7-16/h5-6,8H,1-4,7,16H2. The van der Waals surface area contributed by atoms with Crippen LogP contribution < -0.4 is 5.73 Å². The lowest BCUT2D eigenvalue weighted by Gasteiger charge is -1.97. The lowest BCUT2D eigenvalue weighted by atomic mass is 10.2. The van der Waals surface area contributed by atoms with Gasteiger partial charge >= 0.3 is 0 Å². The van der Waals surface area contributed by atoms with E-state index in [2.05, 4.69) is 26.1 Å². The van der Waals surface area contributed by atoms with Crippen molar-refractivity contribution >= 4 is 27.5 Å². The summed E-state index contributed by atoms with van der Waals surface area (Å²) in [5.41, 5.74) is 6.33. The molecule has 0 aliphatic rings. The van der Waals surface area contributed by atoms with Gasteiger partial charge < -0.3 is 10.3 Å². The molecule has 0 atom stereocenters. The molecule has 1 heterocycles. The van der Waals surface area contributed by atoms with Crippen LogP contribution in [0.25, 0.3) is 11.4 Å². The maximum absolute atomic E-state index is 5.95. The van der Waals surface area contributed by atoms with Gasteiger partial charge in [0, 0.05) is 16.5 Å². The van der Waals surface area contributed by atoms with E-state index in [4.69, 9.17) is 21.9 Å². The quantitative estimate of drug-likeness (QED) is 0.809. The van der Waals surface area contributed by atoms with Crippen LogP contribution in [0.2, 0.25) is 5.02 Å². The molecule has 0 saturated heterocycles. The largest absolute Gasteiger partial charge is 0.339 e. The van der Waals surface area contributed by atoms with Crippen molar-refractivity contribution in [3.63, 3.8) is 0 Å². The number of unbranched alkanes of at least 4 members (excludes halogenated alkanes) is 2. The molecular formula is C13H15BrClN3O. The van der Waals surface area contributed by atoms with Gasteiger partial charge in [0.15, 0.2) is 0 Å². The van der Waals surface area contributed by atoms with Gasteiger partial charge in [-0.25, -0.2) is 0 Å². The molecule has 1 aromatic heterocycles. The Bertz CT molecular complexity index is 544. The van der Waals surface area contributed by atoms with Crippen LogP contribution in [0.4, 0.5) is 0 Å². The highest BCUT2D eigenvalue weighted by molar-refractivity contribution is 9.10. The second-order valence-electron chi connectivity index (χ2n) is 4.24. The zero-order valence-electron chi connectivity index (χ0n) is 10.4. The number of hydrogen-bond acceptors (Lipinski definition) is 4. The van der Waals surface area contributed by atoms with E-state index in [0.717, 1.165) is 42.3 Å². The van der Waals surface area contributed by atoms with E-state index in [-0.39, 0.29) is 0 Å². The highest BCUT2D eigenvalue weighted by Crippen LogP contribution is 2.27. The van der Waals surface area contributed by atoms with Crippen molar-refractivity contribution in [2.45, 2.75) is 25.7 Å². The first-order chi connectivity index (χ1) is 9.20. The molecule has 0 aliphatic heterocycles. The lowest BCUT2D eigenvalue weighted by molar-refractivity contribution is 0.374. The highest BCUT2D eigenvalue weighted by atomic mass is 79.9. The predicted octanol–water partition coefficient (Wildman–Crippen LogP) is 3.82. The zero-order valence-corrected chi connectivity index (χ0v) is 12.7. The summed E-state index contributed by atoms with van der Waals surface area (Å²) < 4.78 is 6.05. The molecule has 19 heavy (non-hydrogen) atoms. The molecule has 0 radical (unpaired) electrons. The summed E-state index contributed by atoms with van der Waals surface area (Å²) in [7, 11) is 0. The predicted molar refractivity (Wildman–Crippen MR) is 79.1 cm³/mol. The highest BCUT2D eigenvalue weighted by Gasteiger charge is 2.09. The number of halogens is 2. The van der Waals surface area contributed by atoms with Crippen molar-refractivity contribution in [3.8, 4) is 11.4 Å². The van der Waals surface area contributed by atoms with Gasteiger partial charge in [0.1, 0.15) is 0 Å². The fraction of sp³-hybridized carbons (Fsp3) is 0.385. The van der Waals surface area contributed by atoms with Gasteiger partial charge in [0.2, 0.25) is 11.7 Å². The van der Waals surface area contributed by atoms with Crippen LogP contribution in [0.1, 0.15) is 25.2 Å². The Hall–Kier alpha value is -0.910. The Balaban J connectivity index is 2.01. The normalized spacial score (nSPS) is 10.9. The molecule has 0 spiro atoms. The molecule has 0 fully saturated rings. The molecule has 2 aromatic rings. The van der Waals surface area contributed by atoms with Crippen molar-refractivity contribution in [3.05, 3.63) is 33.6 Å². The molecule has 0 amide bonds. The minimum atomic E-state index is 0.589. The topological polar surface area (TPSA) is 64.9 Å². The Labute approximate surface area is 125 Å². The number of hydrogen-bond donors (Lipinski definition) is 1. The molecule has 0 bridgehead atoms. The van der Waals surface area contributed by atoms with Crippen LogP contribution in [0.15, 0.2) is 27.2 Å². The third-order valence-electron chi connectivity index (χ3n) is 2.74. The Kier molecular flexibility index (Phi) is 5.36. The summed E-state index contributed by atoms with van der Waals surface area (Å²) >= 11 is 9.33. The molecule has 0 aliphatic carbocycles. The number of aromatic nitrogens is 2. The average molecular weight is 345 g/mol. The second kappa shape index (κ2) is 7.03. The molecule has 1 aromatic carbocycles. The van der Waals surface area contributed by atoms with E-state index in [1.165, 1.54) is 0 Å². The first kappa shape index (κ1) is 14.5. The second-order valence-corrected chi connectivity index (χ2v) is 5.50. The van der Waals surface area contributed by atoms with E-state index in [1.807, 2.05) is 12.1 Å². The molecule has 102 valence electrons. The Morgan fingerprint density at radius 1 is 1.26 bits per heavy atom. The summed E-state index contributed by atoms with van der Waals surface area (Å²) in [5.74, 6) is 1.25. The fourth-order valence-corrected chi connectivity index (χ4v) is 2.20. The van der Waals surface area contributed by atoms with Gasteiger partial charge in [-0.15, -0.1) is 0 Å². The molecular weight excluding hydrogens is 330 g/mol. The summed E-state index contributed by atoms with van der Waals surface area (Å²) in [5, 5.41) is 4.64. The van der Waals surface area contributed by atoms with Gasteiger partial charge in [-0.1, -0.05) is 23.2 Å². The number of aryl methyl sites for hydroxylation is 1. The van der Waals surface area contributed by atoms with Crippen LogP contribution >= 0.6 is 27.5 Å². The van der Waals surface area contributed by atoms with E-state index in [9.17, 15) is 0 Å². The van der Waals surface area contributed by atoms with E-state index >= 15 is 0 Å². The minimum absolute atomic E-state index is 0.589. The Morgan fingerprint density at radius 2 is 2.11 bits per heavy atom.